The van der Waals surface area contributed by atoms with E-state index in [-0.39, 0.29) is 0 Å². The van der Waals surface area contributed by atoms with E-state index in [1.807, 2.05) is 29.6 Å². The van der Waals surface area contributed by atoms with Gasteiger partial charge in [0.05, 0.1) is 5.69 Å². The normalized spacial score (nSPS) is 12.0. The molecule has 0 saturated heterocycles. The van der Waals surface area contributed by atoms with E-state index in [2.05, 4.69) is 17.2 Å². The largest absolute Gasteiger partial charge is 0.449 e. The van der Waals surface area contributed by atoms with E-state index in [0.29, 0.717) is 10.7 Å². The van der Waals surface area contributed by atoms with Crippen molar-refractivity contribution in [2.24, 2.45) is 0 Å². The molecule has 1 N–H and O–H groups in total. The third kappa shape index (κ3) is 5.84. The van der Waals surface area contributed by atoms with Crippen LogP contribution in [0.25, 0.3) is 17.3 Å². The van der Waals surface area contributed by atoms with Gasteiger partial charge in [0.25, 0.3) is 5.91 Å². The number of benzene rings is 2. The van der Waals surface area contributed by atoms with Crippen molar-refractivity contribution in [3.05, 3.63) is 76.9 Å². The zero-order chi connectivity index (χ0) is 21.5. The molecule has 0 aliphatic carbocycles. The fraction of sp³-hybridized carbons (Fsp3) is 0.174. The van der Waals surface area contributed by atoms with Crippen LogP contribution in [0.1, 0.15) is 25.0 Å². The Morgan fingerprint density at radius 3 is 2.70 bits per heavy atom. The summed E-state index contributed by atoms with van der Waals surface area (Å²) in [7, 11) is 0. The first kappa shape index (κ1) is 21.4. The van der Waals surface area contributed by atoms with Gasteiger partial charge in [-0.2, -0.15) is 0 Å². The Kier molecular flexibility index (Phi) is 7.08. The first-order valence-corrected chi connectivity index (χ1v) is 10.3. The molecule has 30 heavy (non-hydrogen) atoms. The van der Waals surface area contributed by atoms with Crippen molar-refractivity contribution in [2.75, 3.05) is 5.32 Å². The second kappa shape index (κ2) is 9.93. The van der Waals surface area contributed by atoms with Crippen LogP contribution in [0.5, 0.6) is 0 Å². The number of aromatic nitrogens is 1. The maximum absolute atomic E-state index is 13.2. The van der Waals surface area contributed by atoms with Gasteiger partial charge in [-0.05, 0) is 42.7 Å². The minimum absolute atomic E-state index is 0.401. The van der Waals surface area contributed by atoms with Crippen LogP contribution in [0.15, 0.2) is 60.0 Å². The van der Waals surface area contributed by atoms with E-state index in [1.54, 1.807) is 6.07 Å². The highest BCUT2D eigenvalue weighted by atomic mass is 32.1. The highest BCUT2D eigenvalue weighted by Crippen LogP contribution is 2.25. The lowest BCUT2D eigenvalue weighted by molar-refractivity contribution is -0.148. The monoisotopic (exact) mass is 424 g/mol. The Bertz CT molecular complexity index is 1060. The number of rotatable bonds is 7. The SMILES string of the molecule is CCc1ccc(-c2csc(NC(=O)C(C)OC(=O)C=Cc3cccc(F)c3)n2)cc1. The average molecular weight is 424 g/mol. The van der Waals surface area contributed by atoms with E-state index < -0.39 is 23.8 Å². The molecule has 2 aromatic carbocycles. The van der Waals surface area contributed by atoms with Crippen LogP contribution < -0.4 is 5.32 Å². The Labute approximate surface area is 178 Å². The molecule has 1 unspecified atom stereocenters. The summed E-state index contributed by atoms with van der Waals surface area (Å²) in [5.74, 6) is -1.58. The van der Waals surface area contributed by atoms with Crippen molar-refractivity contribution in [3.63, 3.8) is 0 Å². The topological polar surface area (TPSA) is 68.3 Å². The summed E-state index contributed by atoms with van der Waals surface area (Å²) >= 11 is 1.29. The number of amides is 1. The van der Waals surface area contributed by atoms with Crippen LogP contribution in [0.4, 0.5) is 9.52 Å². The van der Waals surface area contributed by atoms with Crippen LogP contribution in [0, 0.1) is 5.82 Å². The Hall–Kier alpha value is -3.32. The molecule has 7 heteroatoms. The number of hydrogen-bond donors (Lipinski definition) is 1. The average Bonchev–Trinajstić information content (AvgIpc) is 3.21. The smallest absolute Gasteiger partial charge is 0.331 e. The fourth-order valence-electron chi connectivity index (χ4n) is 2.62. The van der Waals surface area contributed by atoms with Crippen LogP contribution in [-0.4, -0.2) is 23.0 Å². The molecule has 0 saturated carbocycles. The third-order valence-electron chi connectivity index (χ3n) is 4.31. The van der Waals surface area contributed by atoms with E-state index in [0.717, 1.165) is 23.8 Å². The zero-order valence-corrected chi connectivity index (χ0v) is 17.4. The highest BCUT2D eigenvalue weighted by molar-refractivity contribution is 7.14. The van der Waals surface area contributed by atoms with Crippen LogP contribution in [0.2, 0.25) is 0 Å². The maximum Gasteiger partial charge on any atom is 0.331 e. The van der Waals surface area contributed by atoms with Gasteiger partial charge in [-0.25, -0.2) is 14.2 Å². The summed E-state index contributed by atoms with van der Waals surface area (Å²) in [6.45, 7) is 3.57. The molecular formula is C23H21FN2O3S. The number of anilines is 1. The number of carbonyl (C=O) groups is 2. The van der Waals surface area contributed by atoms with Crippen molar-refractivity contribution in [1.29, 1.82) is 0 Å². The second-order valence-electron chi connectivity index (χ2n) is 6.55. The van der Waals surface area contributed by atoms with Crippen molar-refractivity contribution in [2.45, 2.75) is 26.4 Å². The van der Waals surface area contributed by atoms with Crippen LogP contribution in [-0.2, 0) is 20.7 Å². The molecule has 1 atom stereocenters. The summed E-state index contributed by atoms with van der Waals surface area (Å²) in [5.41, 5.74) is 3.49. The summed E-state index contributed by atoms with van der Waals surface area (Å²) in [6.07, 6.45) is 2.53. The molecule has 0 fully saturated rings. The molecule has 1 amide bonds. The Morgan fingerprint density at radius 1 is 1.23 bits per heavy atom. The summed E-state index contributed by atoms with van der Waals surface area (Å²) < 4.78 is 18.2. The van der Waals surface area contributed by atoms with Gasteiger partial charge in [0.15, 0.2) is 11.2 Å². The Balaban J connectivity index is 1.55. The van der Waals surface area contributed by atoms with Gasteiger partial charge in [-0.3, -0.25) is 10.1 Å². The first-order chi connectivity index (χ1) is 14.4. The lowest BCUT2D eigenvalue weighted by Gasteiger charge is -2.10. The van der Waals surface area contributed by atoms with Gasteiger partial charge >= 0.3 is 5.97 Å². The summed E-state index contributed by atoms with van der Waals surface area (Å²) in [4.78, 5) is 28.6. The van der Waals surface area contributed by atoms with Crippen molar-refractivity contribution < 1.29 is 18.7 Å². The van der Waals surface area contributed by atoms with E-state index in [9.17, 15) is 14.0 Å². The summed E-state index contributed by atoms with van der Waals surface area (Å²) in [5, 5.41) is 4.94. The number of nitrogens with zero attached hydrogens (tertiary/aromatic N) is 1. The van der Waals surface area contributed by atoms with Gasteiger partial charge in [0.1, 0.15) is 5.82 Å². The molecule has 0 bridgehead atoms. The van der Waals surface area contributed by atoms with Crippen molar-refractivity contribution in [1.82, 2.24) is 4.98 Å². The number of esters is 1. The summed E-state index contributed by atoms with van der Waals surface area (Å²) in [6, 6.07) is 13.9. The molecule has 154 valence electrons. The molecule has 0 aliphatic rings. The van der Waals surface area contributed by atoms with E-state index in [1.165, 1.54) is 48.1 Å². The Morgan fingerprint density at radius 2 is 2.00 bits per heavy atom. The number of carbonyl (C=O) groups excluding carboxylic acids is 2. The van der Waals surface area contributed by atoms with Gasteiger partial charge < -0.3 is 4.74 Å². The molecule has 1 aromatic heterocycles. The van der Waals surface area contributed by atoms with Crippen LogP contribution >= 0.6 is 11.3 Å². The lowest BCUT2D eigenvalue weighted by atomic mass is 10.1. The van der Waals surface area contributed by atoms with Gasteiger partial charge in [0, 0.05) is 17.0 Å². The number of hydrogen-bond acceptors (Lipinski definition) is 5. The quantitative estimate of drug-likeness (QED) is 0.423. The molecule has 0 aliphatic heterocycles. The minimum Gasteiger partial charge on any atom is -0.449 e. The lowest BCUT2D eigenvalue weighted by Crippen LogP contribution is -2.29. The molecule has 3 aromatic rings. The molecule has 1 heterocycles. The van der Waals surface area contributed by atoms with E-state index >= 15 is 0 Å². The van der Waals surface area contributed by atoms with Gasteiger partial charge in [0.2, 0.25) is 0 Å². The third-order valence-corrected chi connectivity index (χ3v) is 5.07. The number of ether oxygens (including phenoxy) is 1. The molecule has 0 spiro atoms. The zero-order valence-electron chi connectivity index (χ0n) is 16.6. The maximum atomic E-state index is 13.2. The number of halogens is 1. The van der Waals surface area contributed by atoms with Crippen LogP contribution in [0.3, 0.4) is 0 Å². The number of nitrogens with one attached hydrogen (secondary N) is 1. The van der Waals surface area contributed by atoms with Gasteiger partial charge in [-0.15, -0.1) is 11.3 Å². The predicted molar refractivity (Wildman–Crippen MR) is 117 cm³/mol. The van der Waals surface area contributed by atoms with Crippen molar-refractivity contribution in [3.8, 4) is 11.3 Å². The highest BCUT2D eigenvalue weighted by Gasteiger charge is 2.18. The number of thiazole rings is 1. The molecule has 3 rings (SSSR count). The predicted octanol–water partition coefficient (Wildman–Crippen LogP) is 5.10. The molecule has 0 radical (unpaired) electrons. The standard InChI is InChI=1S/C23H21FN2O3S/c1-3-16-7-10-18(11-8-16)20-14-30-23(25-20)26-22(28)15(2)29-21(27)12-9-17-5-4-6-19(24)13-17/h4-15H,3H2,1-2H3,(H,25,26,28). The van der Waals surface area contributed by atoms with Crippen molar-refractivity contribution >= 4 is 34.4 Å². The molecule has 5 nitrogen and oxygen atoms in total. The minimum atomic E-state index is -1.01. The first-order valence-electron chi connectivity index (χ1n) is 9.44. The fourth-order valence-corrected chi connectivity index (χ4v) is 3.35. The second-order valence-corrected chi connectivity index (χ2v) is 7.40. The van der Waals surface area contributed by atoms with E-state index in [4.69, 9.17) is 4.74 Å². The molecular weight excluding hydrogens is 403 g/mol. The number of aryl methyl sites for hydroxylation is 1. The van der Waals surface area contributed by atoms with Gasteiger partial charge in [-0.1, -0.05) is 43.3 Å².